The van der Waals surface area contributed by atoms with E-state index in [1.807, 2.05) is 12.1 Å². The Morgan fingerprint density at radius 2 is 1.90 bits per heavy atom. The summed E-state index contributed by atoms with van der Waals surface area (Å²) in [5.41, 5.74) is 1.47. The molecule has 0 radical (unpaired) electrons. The third-order valence-electron chi connectivity index (χ3n) is 4.12. The molecular formula is C19H19N5O4S. The summed E-state index contributed by atoms with van der Waals surface area (Å²) in [6, 6.07) is 12.9. The zero-order valence-corrected chi connectivity index (χ0v) is 16.1. The number of aromatic hydroxyl groups is 1. The Morgan fingerprint density at radius 1 is 1.21 bits per heavy atom. The number of primary sulfonamides is 1. The summed E-state index contributed by atoms with van der Waals surface area (Å²) in [6.45, 7) is 3.89. The number of allylic oxidation sites excluding steroid dienone is 1. The van der Waals surface area contributed by atoms with Crippen molar-refractivity contribution in [3.05, 3.63) is 61.2 Å². The minimum absolute atomic E-state index is 0.0274. The van der Waals surface area contributed by atoms with Crippen LogP contribution >= 0.6 is 0 Å². The average Bonchev–Trinajstić information content (AvgIpc) is 2.96. The molecule has 3 aromatic rings. The van der Waals surface area contributed by atoms with E-state index in [-0.39, 0.29) is 23.0 Å². The second-order valence-corrected chi connectivity index (χ2v) is 7.67. The quantitative estimate of drug-likeness (QED) is 0.404. The van der Waals surface area contributed by atoms with Crippen molar-refractivity contribution >= 4 is 38.2 Å². The molecule has 3 rings (SSSR count). The van der Waals surface area contributed by atoms with Crippen molar-refractivity contribution in [2.24, 2.45) is 15.4 Å². The molecule has 0 saturated heterocycles. The molecule has 150 valence electrons. The van der Waals surface area contributed by atoms with Crippen molar-refractivity contribution in [1.29, 1.82) is 0 Å². The number of sulfonamides is 1. The smallest absolute Gasteiger partial charge is 0.283 e. The highest BCUT2D eigenvalue weighted by molar-refractivity contribution is 7.89. The molecule has 1 heterocycles. The van der Waals surface area contributed by atoms with Crippen LogP contribution in [0, 0.1) is 0 Å². The molecule has 0 aliphatic rings. The summed E-state index contributed by atoms with van der Waals surface area (Å²) >= 11 is 0. The van der Waals surface area contributed by atoms with Gasteiger partial charge in [-0.3, -0.25) is 4.79 Å². The van der Waals surface area contributed by atoms with Crippen LogP contribution in [0.3, 0.4) is 0 Å². The Bertz CT molecular complexity index is 1200. The molecule has 9 nitrogen and oxygen atoms in total. The maximum absolute atomic E-state index is 12.1. The molecule has 10 heteroatoms. The molecule has 0 spiro atoms. The van der Waals surface area contributed by atoms with Gasteiger partial charge in [-0.25, -0.2) is 13.6 Å². The van der Waals surface area contributed by atoms with Crippen molar-refractivity contribution in [3.63, 3.8) is 0 Å². The van der Waals surface area contributed by atoms with Gasteiger partial charge in [-0.1, -0.05) is 24.3 Å². The van der Waals surface area contributed by atoms with Crippen LogP contribution in [0.5, 0.6) is 5.88 Å². The number of para-hydroxylation sites is 1. The topological polar surface area (TPSA) is 139 Å². The summed E-state index contributed by atoms with van der Waals surface area (Å²) in [5.74, 6) is -0.672. The van der Waals surface area contributed by atoms with Gasteiger partial charge in [-0.05, 0) is 30.3 Å². The Morgan fingerprint density at radius 3 is 2.55 bits per heavy atom. The van der Waals surface area contributed by atoms with E-state index >= 15 is 0 Å². The zero-order chi connectivity index (χ0) is 21.0. The lowest BCUT2D eigenvalue weighted by Gasteiger charge is -2.04. The van der Waals surface area contributed by atoms with E-state index in [2.05, 4.69) is 22.1 Å². The third-order valence-corrected chi connectivity index (χ3v) is 5.05. The first kappa shape index (κ1) is 20.2. The van der Waals surface area contributed by atoms with E-state index in [0.29, 0.717) is 17.6 Å². The van der Waals surface area contributed by atoms with Crippen molar-refractivity contribution < 1.29 is 18.3 Å². The van der Waals surface area contributed by atoms with E-state index in [0.717, 1.165) is 5.52 Å². The lowest BCUT2D eigenvalue weighted by Crippen LogP contribution is -2.13. The minimum Gasteiger partial charge on any atom is -0.493 e. The largest absolute Gasteiger partial charge is 0.493 e. The second kappa shape index (κ2) is 8.25. The summed E-state index contributed by atoms with van der Waals surface area (Å²) in [6.07, 6.45) is 1.64. The molecule has 0 bridgehead atoms. The minimum atomic E-state index is -3.77. The third kappa shape index (κ3) is 4.50. The van der Waals surface area contributed by atoms with Crippen LogP contribution in [0.4, 0.5) is 11.4 Å². The molecule has 29 heavy (non-hydrogen) atoms. The fourth-order valence-electron chi connectivity index (χ4n) is 2.77. The van der Waals surface area contributed by atoms with Gasteiger partial charge >= 0.3 is 0 Å². The second-order valence-electron chi connectivity index (χ2n) is 6.11. The zero-order valence-electron chi connectivity index (χ0n) is 15.3. The van der Waals surface area contributed by atoms with Gasteiger partial charge in [0.25, 0.3) is 5.91 Å². The highest BCUT2D eigenvalue weighted by Gasteiger charge is 2.15. The number of benzene rings is 2. The molecule has 0 fully saturated rings. The Hall–Kier alpha value is -3.50. The molecule has 0 atom stereocenters. The number of nitrogens with zero attached hydrogens (tertiary/aromatic N) is 3. The maximum Gasteiger partial charge on any atom is 0.283 e. The Kier molecular flexibility index (Phi) is 5.76. The Balaban J connectivity index is 1.73. The first-order chi connectivity index (χ1) is 13.8. The summed E-state index contributed by atoms with van der Waals surface area (Å²) in [5, 5.41) is 26.5. The predicted molar refractivity (Wildman–Crippen MR) is 110 cm³/mol. The van der Waals surface area contributed by atoms with Crippen LogP contribution in [0.1, 0.15) is 0 Å². The number of nitrogens with two attached hydrogens (primary N) is 1. The number of amides is 1. The fourth-order valence-corrected chi connectivity index (χ4v) is 3.28. The number of carbonyl (C=O) groups excluding carboxylic acids is 1. The van der Waals surface area contributed by atoms with Crippen LogP contribution in [-0.4, -0.2) is 30.5 Å². The lowest BCUT2D eigenvalue weighted by molar-refractivity contribution is -0.116. The summed E-state index contributed by atoms with van der Waals surface area (Å²) in [7, 11) is -3.77. The fraction of sp³-hybridized carbons (Fsp3) is 0.105. The molecule has 1 amide bonds. The van der Waals surface area contributed by atoms with Crippen molar-refractivity contribution in [3.8, 4) is 5.88 Å². The molecule has 0 unspecified atom stereocenters. The number of nitrogens with one attached hydrogen (secondary N) is 1. The Labute approximate surface area is 167 Å². The number of anilines is 1. The standard InChI is InChI=1S/C19H19N5O4S/c1-2-11-24-16-6-4-3-5-15(16)18(19(24)26)23-22-17(25)12-21-13-7-9-14(10-8-13)29(20,27)28/h2-10,21,26H,1,11-12H2,(H2,20,27,28). The van der Waals surface area contributed by atoms with Gasteiger partial charge in [0, 0.05) is 17.6 Å². The van der Waals surface area contributed by atoms with Crippen LogP contribution in [0.2, 0.25) is 0 Å². The molecule has 1 aromatic heterocycles. The van der Waals surface area contributed by atoms with Gasteiger partial charge < -0.3 is 15.0 Å². The number of rotatable bonds is 7. The summed E-state index contributed by atoms with van der Waals surface area (Å²) < 4.78 is 24.1. The average molecular weight is 413 g/mol. The van der Waals surface area contributed by atoms with E-state index < -0.39 is 15.9 Å². The number of aromatic nitrogens is 1. The molecule has 2 aromatic carbocycles. The molecule has 0 saturated carbocycles. The van der Waals surface area contributed by atoms with Gasteiger partial charge in [0.15, 0.2) is 5.69 Å². The van der Waals surface area contributed by atoms with E-state index in [4.69, 9.17) is 5.14 Å². The maximum atomic E-state index is 12.1. The predicted octanol–water partition coefficient (Wildman–Crippen LogP) is 2.90. The van der Waals surface area contributed by atoms with E-state index in [1.54, 1.807) is 22.8 Å². The number of hydrogen-bond donors (Lipinski definition) is 3. The van der Waals surface area contributed by atoms with Crippen molar-refractivity contribution in [1.82, 2.24) is 4.57 Å². The first-order valence-electron chi connectivity index (χ1n) is 8.53. The normalized spacial score (nSPS) is 11.8. The lowest BCUT2D eigenvalue weighted by atomic mass is 10.2. The van der Waals surface area contributed by atoms with Gasteiger partial charge in [0.2, 0.25) is 15.9 Å². The SMILES string of the molecule is C=CCn1c(O)c(N=NC(=O)CNc2ccc(S(N)(=O)=O)cc2)c2ccccc21. The molecule has 0 aliphatic carbocycles. The van der Waals surface area contributed by atoms with Crippen LogP contribution in [0.15, 0.2) is 76.3 Å². The van der Waals surface area contributed by atoms with Gasteiger partial charge in [-0.15, -0.1) is 16.8 Å². The number of carbonyl (C=O) groups is 1. The first-order valence-corrected chi connectivity index (χ1v) is 10.1. The van der Waals surface area contributed by atoms with Gasteiger partial charge in [0.05, 0.1) is 17.0 Å². The van der Waals surface area contributed by atoms with Crippen molar-refractivity contribution in [2.75, 3.05) is 11.9 Å². The number of hydrogen-bond acceptors (Lipinski definition) is 6. The number of azo groups is 1. The van der Waals surface area contributed by atoms with E-state index in [1.165, 1.54) is 24.3 Å². The van der Waals surface area contributed by atoms with Crippen LogP contribution in [0.25, 0.3) is 10.9 Å². The highest BCUT2D eigenvalue weighted by Crippen LogP contribution is 2.38. The van der Waals surface area contributed by atoms with Crippen LogP contribution in [-0.2, 0) is 21.4 Å². The van der Waals surface area contributed by atoms with E-state index in [9.17, 15) is 18.3 Å². The molecular weight excluding hydrogens is 394 g/mol. The highest BCUT2D eigenvalue weighted by atomic mass is 32.2. The van der Waals surface area contributed by atoms with Crippen LogP contribution < -0.4 is 10.5 Å². The van der Waals surface area contributed by atoms with Crippen molar-refractivity contribution in [2.45, 2.75) is 11.4 Å². The summed E-state index contributed by atoms with van der Waals surface area (Å²) in [4.78, 5) is 12.0. The monoisotopic (exact) mass is 413 g/mol. The van der Waals surface area contributed by atoms with Gasteiger partial charge in [0.1, 0.15) is 0 Å². The molecule has 0 aliphatic heterocycles. The molecule has 4 N–H and O–H groups in total. The van der Waals surface area contributed by atoms with Gasteiger partial charge in [-0.2, -0.15) is 0 Å². The number of fused-ring (bicyclic) bond motifs is 1.